The largest absolute Gasteiger partial charge is 0.481 e. The Labute approximate surface area is 97.3 Å². The molecule has 0 aliphatic carbocycles. The summed E-state index contributed by atoms with van der Waals surface area (Å²) in [4.78, 5) is 10.4. The summed E-state index contributed by atoms with van der Waals surface area (Å²) in [5.74, 6) is -1.98. The molecule has 5 N–H and O–H groups in total. The van der Waals surface area contributed by atoms with Crippen molar-refractivity contribution in [2.45, 2.75) is 25.2 Å². The number of halogens is 1. The first-order chi connectivity index (χ1) is 7.95. The van der Waals surface area contributed by atoms with E-state index in [0.29, 0.717) is 5.56 Å². The maximum absolute atomic E-state index is 13.4. The normalized spacial score (nSPS) is 14.4. The molecule has 2 atom stereocenters. The van der Waals surface area contributed by atoms with E-state index in [4.69, 9.17) is 10.8 Å². The minimum atomic E-state index is -1.59. The summed E-state index contributed by atoms with van der Waals surface area (Å²) in [6.45, 7) is 0.162. The van der Waals surface area contributed by atoms with Gasteiger partial charge >= 0.3 is 5.97 Å². The summed E-state index contributed by atoms with van der Waals surface area (Å²) in [5, 5.41) is 27.5. The molecule has 17 heavy (non-hydrogen) atoms. The second kappa shape index (κ2) is 5.72. The van der Waals surface area contributed by atoms with Gasteiger partial charge in [0.25, 0.3) is 0 Å². The van der Waals surface area contributed by atoms with E-state index in [1.54, 1.807) is 0 Å². The highest BCUT2D eigenvalue weighted by atomic mass is 19.1. The van der Waals surface area contributed by atoms with Gasteiger partial charge in [-0.15, -0.1) is 0 Å². The number of hydrogen-bond donors (Lipinski definition) is 4. The molecule has 0 bridgehead atoms. The molecule has 0 spiro atoms. The molecule has 1 aromatic carbocycles. The van der Waals surface area contributed by atoms with Crippen LogP contribution in [0.15, 0.2) is 18.2 Å². The monoisotopic (exact) mass is 243 g/mol. The van der Waals surface area contributed by atoms with Crippen LogP contribution >= 0.6 is 0 Å². The standard InChI is InChI=1S/C11H14FNO4/c12-8-2-1-6(5-13)3-7(8)11(17)9(14)4-10(15)16/h1-3,9,11,14,17H,4-5,13H2,(H,15,16). The number of rotatable bonds is 5. The summed E-state index contributed by atoms with van der Waals surface area (Å²) < 4.78 is 13.4. The molecule has 0 amide bonds. The van der Waals surface area contributed by atoms with Crippen LogP contribution in [0.3, 0.4) is 0 Å². The lowest BCUT2D eigenvalue weighted by Gasteiger charge is -2.17. The van der Waals surface area contributed by atoms with E-state index in [9.17, 15) is 19.4 Å². The Morgan fingerprint density at radius 3 is 2.59 bits per heavy atom. The zero-order valence-corrected chi connectivity index (χ0v) is 9.01. The van der Waals surface area contributed by atoms with E-state index in [-0.39, 0.29) is 12.1 Å². The van der Waals surface area contributed by atoms with Crippen molar-refractivity contribution >= 4 is 5.97 Å². The molecule has 6 heteroatoms. The number of aliphatic hydroxyl groups is 2. The second-order valence-electron chi connectivity index (χ2n) is 3.67. The highest BCUT2D eigenvalue weighted by Crippen LogP contribution is 2.23. The molecule has 0 heterocycles. The van der Waals surface area contributed by atoms with Gasteiger partial charge in [0.05, 0.1) is 12.5 Å². The van der Waals surface area contributed by atoms with Crippen molar-refractivity contribution in [2.75, 3.05) is 0 Å². The van der Waals surface area contributed by atoms with Crippen LogP contribution in [0.25, 0.3) is 0 Å². The molecule has 94 valence electrons. The highest BCUT2D eigenvalue weighted by molar-refractivity contribution is 5.67. The third kappa shape index (κ3) is 3.48. The molecule has 0 saturated heterocycles. The van der Waals surface area contributed by atoms with Crippen LogP contribution in [0.1, 0.15) is 23.7 Å². The smallest absolute Gasteiger partial charge is 0.306 e. The van der Waals surface area contributed by atoms with E-state index in [1.807, 2.05) is 0 Å². The molecule has 0 fully saturated rings. The van der Waals surface area contributed by atoms with Gasteiger partial charge in [-0.3, -0.25) is 4.79 Å². The molecule has 2 unspecified atom stereocenters. The fourth-order valence-electron chi connectivity index (χ4n) is 1.44. The van der Waals surface area contributed by atoms with Crippen LogP contribution in [0.4, 0.5) is 4.39 Å². The van der Waals surface area contributed by atoms with Crippen molar-refractivity contribution in [3.05, 3.63) is 35.1 Å². The molecule has 0 aliphatic heterocycles. The minimum Gasteiger partial charge on any atom is -0.481 e. The molecule has 0 aromatic heterocycles. The zero-order chi connectivity index (χ0) is 13.0. The van der Waals surface area contributed by atoms with Gasteiger partial charge in [0.2, 0.25) is 0 Å². The topological polar surface area (TPSA) is 104 Å². The predicted octanol–water partition coefficient (Wildman–Crippen LogP) is 0.153. The molecular formula is C11H14FNO4. The molecule has 1 rings (SSSR count). The van der Waals surface area contributed by atoms with E-state index >= 15 is 0 Å². The first-order valence-corrected chi connectivity index (χ1v) is 5.02. The van der Waals surface area contributed by atoms with E-state index in [2.05, 4.69) is 0 Å². The fourth-order valence-corrected chi connectivity index (χ4v) is 1.44. The predicted molar refractivity (Wildman–Crippen MR) is 57.5 cm³/mol. The molecule has 0 radical (unpaired) electrons. The van der Waals surface area contributed by atoms with Gasteiger partial charge < -0.3 is 21.1 Å². The average molecular weight is 243 g/mol. The van der Waals surface area contributed by atoms with Gasteiger partial charge in [-0.05, 0) is 17.7 Å². The number of carbonyl (C=O) groups is 1. The van der Waals surface area contributed by atoms with Crippen LogP contribution in [0.2, 0.25) is 0 Å². The molecule has 5 nitrogen and oxygen atoms in total. The Balaban J connectivity index is 2.94. The van der Waals surface area contributed by atoms with Gasteiger partial charge in [-0.25, -0.2) is 4.39 Å². The third-order valence-electron chi connectivity index (χ3n) is 2.36. The number of carboxylic acid groups (broad SMARTS) is 1. The zero-order valence-electron chi connectivity index (χ0n) is 9.01. The summed E-state index contributed by atoms with van der Waals surface area (Å²) in [6, 6.07) is 3.88. The Bertz CT molecular complexity index is 410. The van der Waals surface area contributed by atoms with Crippen molar-refractivity contribution in [3.63, 3.8) is 0 Å². The number of nitrogens with two attached hydrogens (primary N) is 1. The summed E-state index contributed by atoms with van der Waals surface area (Å²) in [7, 11) is 0. The fraction of sp³-hybridized carbons (Fsp3) is 0.364. The minimum absolute atomic E-state index is 0.151. The van der Waals surface area contributed by atoms with Gasteiger partial charge in [0.15, 0.2) is 0 Å². The number of hydrogen-bond acceptors (Lipinski definition) is 4. The average Bonchev–Trinajstić information content (AvgIpc) is 2.28. The van der Waals surface area contributed by atoms with E-state index in [0.717, 1.165) is 6.07 Å². The molecular weight excluding hydrogens is 229 g/mol. The Morgan fingerprint density at radius 1 is 1.41 bits per heavy atom. The number of aliphatic carboxylic acids is 1. The Morgan fingerprint density at radius 2 is 2.06 bits per heavy atom. The third-order valence-corrected chi connectivity index (χ3v) is 2.36. The summed E-state index contributed by atoms with van der Waals surface area (Å²) >= 11 is 0. The molecule has 0 saturated carbocycles. The van der Waals surface area contributed by atoms with Crippen LogP contribution in [0.5, 0.6) is 0 Å². The molecule has 0 aliphatic rings. The van der Waals surface area contributed by atoms with Crippen molar-refractivity contribution in [3.8, 4) is 0 Å². The van der Waals surface area contributed by atoms with Gasteiger partial charge in [0.1, 0.15) is 11.9 Å². The molecule has 1 aromatic rings. The van der Waals surface area contributed by atoms with Gasteiger partial charge in [-0.1, -0.05) is 6.07 Å². The van der Waals surface area contributed by atoms with Gasteiger partial charge in [-0.2, -0.15) is 0 Å². The van der Waals surface area contributed by atoms with Crippen molar-refractivity contribution in [1.82, 2.24) is 0 Å². The number of carboxylic acids is 1. The first kappa shape index (κ1) is 13.6. The first-order valence-electron chi connectivity index (χ1n) is 5.02. The number of benzene rings is 1. The lowest BCUT2D eigenvalue weighted by atomic mass is 9.99. The Hall–Kier alpha value is -1.50. The maximum Gasteiger partial charge on any atom is 0.306 e. The lowest BCUT2D eigenvalue weighted by Crippen LogP contribution is -2.22. The maximum atomic E-state index is 13.4. The SMILES string of the molecule is NCc1ccc(F)c(C(O)C(O)CC(=O)O)c1. The van der Waals surface area contributed by atoms with Crippen molar-refractivity contribution in [2.24, 2.45) is 5.73 Å². The highest BCUT2D eigenvalue weighted by Gasteiger charge is 2.23. The van der Waals surface area contributed by atoms with Crippen molar-refractivity contribution < 1.29 is 24.5 Å². The van der Waals surface area contributed by atoms with Crippen LogP contribution in [-0.4, -0.2) is 27.4 Å². The van der Waals surface area contributed by atoms with E-state index in [1.165, 1.54) is 12.1 Å². The number of aliphatic hydroxyl groups excluding tert-OH is 2. The van der Waals surface area contributed by atoms with Crippen LogP contribution < -0.4 is 5.73 Å². The van der Waals surface area contributed by atoms with Crippen LogP contribution in [0, 0.1) is 5.82 Å². The van der Waals surface area contributed by atoms with Gasteiger partial charge in [0, 0.05) is 12.1 Å². The van der Waals surface area contributed by atoms with E-state index < -0.39 is 30.4 Å². The summed E-state index contributed by atoms with van der Waals surface area (Å²) in [5.41, 5.74) is 5.80. The Kier molecular flexibility index (Phi) is 4.56. The quantitative estimate of drug-likeness (QED) is 0.589. The van der Waals surface area contributed by atoms with Crippen molar-refractivity contribution in [1.29, 1.82) is 0 Å². The summed E-state index contributed by atoms with van der Waals surface area (Å²) in [6.07, 6.45) is -3.80. The lowest BCUT2D eigenvalue weighted by molar-refractivity contribution is -0.141. The van der Waals surface area contributed by atoms with Crippen LogP contribution in [-0.2, 0) is 11.3 Å². The second-order valence-corrected chi connectivity index (χ2v) is 3.67.